The number of carbonyl (C=O) groups is 1. The normalized spacial score (nSPS) is 9.57. The average molecular weight is 197 g/mol. The van der Waals surface area contributed by atoms with Gasteiger partial charge in [0.25, 0.3) is 0 Å². The molecular weight excluding hydrogens is 189 g/mol. The van der Waals surface area contributed by atoms with E-state index in [0.29, 0.717) is 5.56 Å². The molecule has 1 aromatic rings. The maximum Gasteiger partial charge on any atom is 0.309 e. The van der Waals surface area contributed by atoms with E-state index in [1.807, 2.05) is 0 Å². The maximum absolute atomic E-state index is 12.8. The number of nitrogens with zero attached hydrogens (tertiary/aromatic N) is 1. The lowest BCUT2D eigenvalue weighted by Gasteiger charge is -2.00. The van der Waals surface area contributed by atoms with E-state index in [9.17, 15) is 14.1 Å². The van der Waals surface area contributed by atoms with Gasteiger partial charge in [0.15, 0.2) is 5.82 Å². The topological polar surface area (TPSA) is 55.7 Å². The molecule has 0 spiro atoms. The summed E-state index contributed by atoms with van der Waals surface area (Å²) < 4.78 is 17.2. The molecule has 0 aliphatic heterocycles. The number of methoxy groups -OCH3 is 1. The van der Waals surface area contributed by atoms with Gasteiger partial charge in [0.1, 0.15) is 5.69 Å². The minimum Gasteiger partial charge on any atom is -0.469 e. The molecule has 0 atom stereocenters. The van der Waals surface area contributed by atoms with E-state index in [0.717, 1.165) is 6.07 Å². The Morgan fingerprint density at radius 2 is 2.29 bits per heavy atom. The van der Waals surface area contributed by atoms with Gasteiger partial charge in [0.2, 0.25) is 0 Å². The minimum absolute atomic E-state index is 0.000694. The summed E-state index contributed by atoms with van der Waals surface area (Å²) in [6, 6.07) is 3.72. The van der Waals surface area contributed by atoms with Crippen molar-refractivity contribution in [2.75, 3.05) is 7.11 Å². The van der Waals surface area contributed by atoms with E-state index in [1.165, 1.54) is 19.2 Å². The molecule has 0 saturated heterocycles. The molecule has 0 saturated carbocycles. The molecule has 0 aromatic heterocycles. The highest BCUT2D eigenvalue weighted by molar-refractivity contribution is 5.72. The van der Waals surface area contributed by atoms with Crippen LogP contribution in [-0.2, 0) is 16.0 Å². The third-order valence-electron chi connectivity index (χ3n) is 1.69. The molecule has 0 bridgehead atoms. The number of ether oxygens (including phenoxy) is 1. The molecule has 0 radical (unpaired) electrons. The zero-order valence-electron chi connectivity index (χ0n) is 7.49. The largest absolute Gasteiger partial charge is 0.469 e. The highest BCUT2D eigenvalue weighted by atomic mass is 19.1. The third-order valence-corrected chi connectivity index (χ3v) is 1.69. The Hall–Kier alpha value is -1.78. The Balaban J connectivity index is 2.89. The summed E-state index contributed by atoms with van der Waals surface area (Å²) in [5.41, 5.74) is 0.194. The van der Waals surface area contributed by atoms with Gasteiger partial charge in [-0.3, -0.25) is 4.79 Å². The van der Waals surface area contributed by atoms with Gasteiger partial charge in [0.05, 0.1) is 13.5 Å². The highest BCUT2D eigenvalue weighted by Crippen LogP contribution is 2.19. The second-order valence-electron chi connectivity index (χ2n) is 2.63. The van der Waals surface area contributed by atoms with Crippen LogP contribution in [0.4, 0.5) is 10.1 Å². The Morgan fingerprint density at radius 3 is 2.86 bits per heavy atom. The quantitative estimate of drug-likeness (QED) is 0.549. The standard InChI is InChI=1S/C9H8FNO3/c1-14-9(12)5-6-2-3-7(10)8(4-6)11-13/h2-4H,5H2,1H3. The smallest absolute Gasteiger partial charge is 0.309 e. The average Bonchev–Trinajstić information content (AvgIpc) is 2.20. The van der Waals surface area contributed by atoms with Crippen LogP contribution in [0.3, 0.4) is 0 Å². The third kappa shape index (κ3) is 2.35. The van der Waals surface area contributed by atoms with Gasteiger partial charge in [-0.15, -0.1) is 4.91 Å². The van der Waals surface area contributed by atoms with Crippen molar-refractivity contribution in [3.8, 4) is 0 Å². The van der Waals surface area contributed by atoms with Crippen molar-refractivity contribution in [1.29, 1.82) is 0 Å². The van der Waals surface area contributed by atoms with E-state index in [1.54, 1.807) is 0 Å². The van der Waals surface area contributed by atoms with Crippen LogP contribution in [0.25, 0.3) is 0 Å². The first kappa shape index (κ1) is 10.3. The Labute approximate surface area is 79.7 Å². The van der Waals surface area contributed by atoms with Gasteiger partial charge in [0, 0.05) is 0 Å². The first-order valence-electron chi connectivity index (χ1n) is 3.86. The van der Waals surface area contributed by atoms with Gasteiger partial charge in [-0.1, -0.05) is 6.07 Å². The molecule has 0 aliphatic carbocycles. The summed E-state index contributed by atoms with van der Waals surface area (Å²) >= 11 is 0. The Morgan fingerprint density at radius 1 is 1.57 bits per heavy atom. The van der Waals surface area contributed by atoms with Gasteiger partial charge in [-0.05, 0) is 22.9 Å². The van der Waals surface area contributed by atoms with Crippen LogP contribution < -0.4 is 0 Å². The lowest BCUT2D eigenvalue weighted by Crippen LogP contribution is -2.04. The number of carbonyl (C=O) groups excluding carboxylic acids is 1. The predicted molar refractivity (Wildman–Crippen MR) is 47.6 cm³/mol. The first-order valence-corrected chi connectivity index (χ1v) is 3.86. The molecule has 0 amide bonds. The number of benzene rings is 1. The number of rotatable bonds is 3. The summed E-state index contributed by atoms with van der Waals surface area (Å²) in [6.45, 7) is 0. The molecule has 4 nitrogen and oxygen atoms in total. The van der Waals surface area contributed by atoms with Crippen molar-refractivity contribution >= 4 is 11.7 Å². The zero-order chi connectivity index (χ0) is 10.6. The molecule has 0 heterocycles. The molecule has 1 rings (SSSR count). The van der Waals surface area contributed by atoms with Crippen molar-refractivity contribution in [1.82, 2.24) is 0 Å². The SMILES string of the molecule is COC(=O)Cc1ccc(F)c(N=O)c1. The zero-order valence-corrected chi connectivity index (χ0v) is 7.49. The van der Waals surface area contributed by atoms with Crippen molar-refractivity contribution < 1.29 is 13.9 Å². The number of halogens is 1. The molecule has 14 heavy (non-hydrogen) atoms. The molecule has 1 aromatic carbocycles. The van der Waals surface area contributed by atoms with Crippen LogP contribution >= 0.6 is 0 Å². The number of nitroso groups, excluding NO2 is 1. The summed E-state index contributed by atoms with van der Waals surface area (Å²) in [5, 5.41) is 2.49. The fourth-order valence-corrected chi connectivity index (χ4v) is 0.977. The number of esters is 1. The van der Waals surface area contributed by atoms with Crippen LogP contribution in [0, 0.1) is 10.7 Å². The molecule has 0 unspecified atom stereocenters. The Bertz CT molecular complexity index is 365. The van der Waals surface area contributed by atoms with Crippen LogP contribution in [-0.4, -0.2) is 13.1 Å². The molecule has 0 N–H and O–H groups in total. The van der Waals surface area contributed by atoms with Crippen molar-refractivity contribution in [3.63, 3.8) is 0 Å². The van der Waals surface area contributed by atoms with E-state index in [4.69, 9.17) is 0 Å². The highest BCUT2D eigenvalue weighted by Gasteiger charge is 2.07. The van der Waals surface area contributed by atoms with Crippen LogP contribution in [0.5, 0.6) is 0 Å². The van der Waals surface area contributed by atoms with Crippen LogP contribution in [0.1, 0.15) is 5.56 Å². The first-order chi connectivity index (χ1) is 6.67. The van der Waals surface area contributed by atoms with E-state index < -0.39 is 11.8 Å². The van der Waals surface area contributed by atoms with Crippen molar-refractivity contribution in [2.24, 2.45) is 5.18 Å². The number of hydrogen-bond donors (Lipinski definition) is 0. The molecule has 74 valence electrons. The molecule has 5 heteroatoms. The van der Waals surface area contributed by atoms with Gasteiger partial charge in [-0.2, -0.15) is 0 Å². The van der Waals surface area contributed by atoms with Crippen LogP contribution in [0.2, 0.25) is 0 Å². The lowest BCUT2D eigenvalue weighted by atomic mass is 10.1. The summed E-state index contributed by atoms with van der Waals surface area (Å²) in [6.07, 6.45) is -0.000694. The monoisotopic (exact) mass is 197 g/mol. The molecular formula is C9H8FNO3. The fourth-order valence-electron chi connectivity index (χ4n) is 0.977. The van der Waals surface area contributed by atoms with Gasteiger partial charge < -0.3 is 4.74 Å². The summed E-state index contributed by atoms with van der Waals surface area (Å²) in [7, 11) is 1.25. The minimum atomic E-state index is -0.700. The van der Waals surface area contributed by atoms with Gasteiger partial charge in [-0.25, -0.2) is 4.39 Å². The second kappa shape index (κ2) is 4.45. The molecule has 0 fully saturated rings. The lowest BCUT2D eigenvalue weighted by molar-refractivity contribution is -0.139. The fraction of sp³-hybridized carbons (Fsp3) is 0.222. The second-order valence-corrected chi connectivity index (χ2v) is 2.63. The Kier molecular flexibility index (Phi) is 3.28. The molecule has 0 aliphatic rings. The van der Waals surface area contributed by atoms with E-state index >= 15 is 0 Å². The van der Waals surface area contributed by atoms with E-state index in [-0.39, 0.29) is 12.1 Å². The van der Waals surface area contributed by atoms with Crippen molar-refractivity contribution in [3.05, 3.63) is 34.5 Å². The predicted octanol–water partition coefficient (Wildman–Crippen LogP) is 1.94. The van der Waals surface area contributed by atoms with Gasteiger partial charge >= 0.3 is 5.97 Å². The van der Waals surface area contributed by atoms with E-state index in [2.05, 4.69) is 9.91 Å². The summed E-state index contributed by atoms with van der Waals surface area (Å²) in [4.78, 5) is 21.0. The van der Waals surface area contributed by atoms with Crippen LogP contribution in [0.15, 0.2) is 23.4 Å². The van der Waals surface area contributed by atoms with Crippen molar-refractivity contribution in [2.45, 2.75) is 6.42 Å². The number of hydrogen-bond acceptors (Lipinski definition) is 4. The summed E-state index contributed by atoms with van der Waals surface area (Å²) in [5.74, 6) is -1.15. The maximum atomic E-state index is 12.8.